The minimum atomic E-state index is -0.680. The van der Waals surface area contributed by atoms with E-state index in [-0.39, 0.29) is 11.7 Å². The summed E-state index contributed by atoms with van der Waals surface area (Å²) >= 11 is 0. The number of carbonyl (C=O) groups is 1. The summed E-state index contributed by atoms with van der Waals surface area (Å²) in [6.07, 6.45) is 1.61. The molecule has 0 fully saturated rings. The second-order valence-electron chi connectivity index (χ2n) is 3.53. The topological polar surface area (TPSA) is 93.8 Å². The van der Waals surface area contributed by atoms with E-state index < -0.39 is 12.1 Å². The third-order valence-electron chi connectivity index (χ3n) is 2.36. The van der Waals surface area contributed by atoms with Gasteiger partial charge < -0.3 is 11.5 Å². The van der Waals surface area contributed by atoms with Gasteiger partial charge in [0.15, 0.2) is 6.04 Å². The summed E-state index contributed by atoms with van der Waals surface area (Å²) in [7, 11) is 0. The molecule has 0 saturated carbocycles. The van der Waals surface area contributed by atoms with Gasteiger partial charge in [0.1, 0.15) is 5.84 Å². The number of carbonyl (C=O) groups excluding carboxylic acids is 1. The molecule has 1 aliphatic heterocycles. The zero-order chi connectivity index (χ0) is 11.5. The predicted molar refractivity (Wildman–Crippen MR) is 62.4 cm³/mol. The standard InChI is InChI=1S/C11H12N4O/c12-8-9(11(16)15-10(8)13)14-6-7-4-2-1-3-5-7/h1-6,8-9H,12H2,(H2,13,15,16). The number of nitrogens with two attached hydrogens (primary N) is 2. The van der Waals surface area contributed by atoms with Crippen LogP contribution in [0.4, 0.5) is 0 Å². The van der Waals surface area contributed by atoms with Gasteiger partial charge >= 0.3 is 0 Å². The Morgan fingerprint density at radius 1 is 1.31 bits per heavy atom. The molecule has 2 atom stereocenters. The second kappa shape index (κ2) is 4.24. The van der Waals surface area contributed by atoms with Crippen molar-refractivity contribution in [3.05, 3.63) is 35.9 Å². The number of hydrogen-bond donors (Lipinski definition) is 2. The van der Waals surface area contributed by atoms with Gasteiger partial charge in [0.05, 0.1) is 6.04 Å². The van der Waals surface area contributed by atoms with Crippen LogP contribution in [0.2, 0.25) is 0 Å². The highest BCUT2D eigenvalue weighted by molar-refractivity contribution is 6.08. The van der Waals surface area contributed by atoms with E-state index in [4.69, 9.17) is 11.5 Å². The third-order valence-corrected chi connectivity index (χ3v) is 2.36. The molecule has 4 N–H and O–H groups in total. The molecule has 5 heteroatoms. The molecule has 2 rings (SSSR count). The van der Waals surface area contributed by atoms with Crippen LogP contribution >= 0.6 is 0 Å². The molecule has 1 aromatic carbocycles. The van der Waals surface area contributed by atoms with Gasteiger partial charge in [-0.3, -0.25) is 9.79 Å². The lowest BCUT2D eigenvalue weighted by molar-refractivity contribution is -0.118. The molecule has 1 aliphatic rings. The van der Waals surface area contributed by atoms with Crippen LogP contribution < -0.4 is 11.5 Å². The molecule has 2 unspecified atom stereocenters. The molecule has 0 bridgehead atoms. The summed E-state index contributed by atoms with van der Waals surface area (Å²) < 4.78 is 0. The first-order valence-electron chi connectivity index (χ1n) is 4.90. The van der Waals surface area contributed by atoms with Crippen LogP contribution in [0, 0.1) is 0 Å². The molecule has 5 nitrogen and oxygen atoms in total. The lowest BCUT2D eigenvalue weighted by Crippen LogP contribution is -2.42. The molecule has 1 amide bonds. The molecule has 1 aromatic rings. The van der Waals surface area contributed by atoms with Crippen molar-refractivity contribution in [2.24, 2.45) is 21.5 Å². The maximum absolute atomic E-state index is 11.4. The highest BCUT2D eigenvalue weighted by Gasteiger charge is 2.33. The van der Waals surface area contributed by atoms with Gasteiger partial charge in [-0.1, -0.05) is 30.3 Å². The molecule has 0 aliphatic carbocycles. The van der Waals surface area contributed by atoms with Gasteiger partial charge in [0.2, 0.25) is 0 Å². The van der Waals surface area contributed by atoms with E-state index in [1.54, 1.807) is 6.21 Å². The Morgan fingerprint density at radius 3 is 2.56 bits per heavy atom. The fourth-order valence-corrected chi connectivity index (χ4v) is 1.45. The molecular formula is C11H12N4O. The maximum Gasteiger partial charge on any atom is 0.274 e. The first-order valence-corrected chi connectivity index (χ1v) is 4.90. The van der Waals surface area contributed by atoms with Crippen molar-refractivity contribution in [1.82, 2.24) is 0 Å². The summed E-state index contributed by atoms with van der Waals surface area (Å²) in [5.74, 6) is -0.225. The maximum atomic E-state index is 11.4. The van der Waals surface area contributed by atoms with Crippen molar-refractivity contribution in [2.75, 3.05) is 0 Å². The van der Waals surface area contributed by atoms with Crippen LogP contribution in [0.5, 0.6) is 0 Å². The van der Waals surface area contributed by atoms with Crippen molar-refractivity contribution < 1.29 is 4.79 Å². The molecule has 82 valence electrons. The Bertz CT molecular complexity index is 452. The number of rotatable bonds is 2. The lowest BCUT2D eigenvalue weighted by atomic mass is 10.1. The van der Waals surface area contributed by atoms with Crippen LogP contribution in [0.1, 0.15) is 5.56 Å². The molecule has 16 heavy (non-hydrogen) atoms. The molecular weight excluding hydrogens is 204 g/mol. The van der Waals surface area contributed by atoms with Gasteiger partial charge in [0, 0.05) is 6.21 Å². The van der Waals surface area contributed by atoms with Gasteiger partial charge in [-0.25, -0.2) is 0 Å². The number of amides is 1. The largest absolute Gasteiger partial charge is 0.386 e. The quantitative estimate of drug-likeness (QED) is 0.664. The first kappa shape index (κ1) is 10.5. The zero-order valence-electron chi connectivity index (χ0n) is 8.58. The van der Waals surface area contributed by atoms with E-state index >= 15 is 0 Å². The summed E-state index contributed by atoms with van der Waals surface area (Å²) in [6, 6.07) is 8.18. The Balaban J connectivity index is 2.12. The normalized spacial score (nSPS) is 25.1. The Hall–Kier alpha value is -2.01. The van der Waals surface area contributed by atoms with Crippen molar-refractivity contribution in [1.29, 1.82) is 0 Å². The van der Waals surface area contributed by atoms with Crippen LogP contribution in [0.15, 0.2) is 40.3 Å². The fourth-order valence-electron chi connectivity index (χ4n) is 1.45. The highest BCUT2D eigenvalue weighted by Crippen LogP contribution is 2.08. The highest BCUT2D eigenvalue weighted by atomic mass is 16.2. The van der Waals surface area contributed by atoms with Crippen LogP contribution in [0.3, 0.4) is 0 Å². The zero-order valence-corrected chi connectivity index (χ0v) is 8.58. The monoisotopic (exact) mass is 216 g/mol. The number of hydrogen-bond acceptors (Lipinski definition) is 4. The Kier molecular flexibility index (Phi) is 2.78. The molecule has 0 radical (unpaired) electrons. The number of aliphatic imine (C=N–C) groups is 2. The van der Waals surface area contributed by atoms with Gasteiger partial charge in [0.25, 0.3) is 5.91 Å². The van der Waals surface area contributed by atoms with E-state index in [2.05, 4.69) is 9.98 Å². The van der Waals surface area contributed by atoms with Crippen molar-refractivity contribution in [3.8, 4) is 0 Å². The summed E-state index contributed by atoms with van der Waals surface area (Å²) in [5, 5.41) is 0. The molecule has 0 saturated heterocycles. The van der Waals surface area contributed by atoms with Crippen molar-refractivity contribution >= 4 is 18.0 Å². The summed E-state index contributed by atoms with van der Waals surface area (Å²) in [6.45, 7) is 0. The second-order valence-corrected chi connectivity index (χ2v) is 3.53. The molecule has 0 aromatic heterocycles. The lowest BCUT2D eigenvalue weighted by Gasteiger charge is -2.07. The summed E-state index contributed by atoms with van der Waals surface area (Å²) in [5.41, 5.74) is 12.1. The van der Waals surface area contributed by atoms with Gasteiger partial charge in [-0.15, -0.1) is 0 Å². The first-order chi connectivity index (χ1) is 7.68. The van der Waals surface area contributed by atoms with E-state index in [0.717, 1.165) is 5.56 Å². The number of benzene rings is 1. The predicted octanol–water partition coefficient (Wildman–Crippen LogP) is -0.301. The van der Waals surface area contributed by atoms with Crippen LogP contribution in [-0.2, 0) is 4.79 Å². The van der Waals surface area contributed by atoms with E-state index in [0.29, 0.717) is 0 Å². The minimum Gasteiger partial charge on any atom is -0.386 e. The fraction of sp³-hybridized carbons (Fsp3) is 0.182. The molecule has 0 spiro atoms. The average Bonchev–Trinajstić information content (AvgIpc) is 2.53. The Morgan fingerprint density at radius 2 is 2.00 bits per heavy atom. The smallest absolute Gasteiger partial charge is 0.274 e. The summed E-state index contributed by atoms with van der Waals surface area (Å²) in [4.78, 5) is 19.0. The van der Waals surface area contributed by atoms with Crippen molar-refractivity contribution in [2.45, 2.75) is 12.1 Å². The Labute approximate surface area is 92.9 Å². The van der Waals surface area contributed by atoms with E-state index in [9.17, 15) is 4.79 Å². The number of nitrogens with zero attached hydrogens (tertiary/aromatic N) is 2. The van der Waals surface area contributed by atoms with Crippen LogP contribution in [-0.4, -0.2) is 30.0 Å². The van der Waals surface area contributed by atoms with Gasteiger partial charge in [-0.05, 0) is 5.56 Å². The van der Waals surface area contributed by atoms with Gasteiger partial charge in [-0.2, -0.15) is 4.99 Å². The number of amidine groups is 1. The minimum absolute atomic E-state index is 0.153. The molecule has 1 heterocycles. The SMILES string of the molecule is NC1=NC(=O)C(N=Cc2ccccc2)C1N. The third kappa shape index (κ3) is 1.99. The van der Waals surface area contributed by atoms with E-state index in [1.165, 1.54) is 0 Å². The van der Waals surface area contributed by atoms with Crippen LogP contribution in [0.25, 0.3) is 0 Å². The van der Waals surface area contributed by atoms with Crippen molar-refractivity contribution in [3.63, 3.8) is 0 Å². The average molecular weight is 216 g/mol. The van der Waals surface area contributed by atoms with E-state index in [1.807, 2.05) is 30.3 Å².